The van der Waals surface area contributed by atoms with Crippen molar-refractivity contribution >= 4 is 22.6 Å². The Morgan fingerprint density at radius 2 is 1.51 bits per heavy atom. The number of aryl methyl sites for hydroxylation is 1. The van der Waals surface area contributed by atoms with Crippen LogP contribution in [0.2, 0.25) is 0 Å². The van der Waals surface area contributed by atoms with Gasteiger partial charge in [0.25, 0.3) is 22.9 Å². The van der Waals surface area contributed by atoms with Crippen molar-refractivity contribution in [2.24, 2.45) is 0 Å². The molecule has 35 heavy (non-hydrogen) atoms. The molecule has 0 atom stereocenters. The zero-order chi connectivity index (χ0) is 24.8. The number of nitrogens with one attached hydrogen (secondary N) is 2. The van der Waals surface area contributed by atoms with Gasteiger partial charge in [0.1, 0.15) is 12.4 Å². The Morgan fingerprint density at radius 1 is 0.829 bits per heavy atom. The van der Waals surface area contributed by atoms with Gasteiger partial charge in [-0.2, -0.15) is 10.2 Å². The third kappa shape index (κ3) is 5.24. The smallest absolute Gasteiger partial charge is 0.290 e. The minimum atomic E-state index is -0.732. The molecule has 11 nitrogen and oxygen atoms in total. The number of ether oxygens (including phenoxy) is 1. The normalized spacial score (nSPS) is 10.7. The van der Waals surface area contributed by atoms with E-state index >= 15 is 0 Å². The topological polar surface area (TPSA) is 137 Å². The molecule has 4 rings (SSSR count). The summed E-state index contributed by atoms with van der Waals surface area (Å²) in [5.41, 5.74) is 3.74. The van der Waals surface area contributed by atoms with Gasteiger partial charge in [-0.3, -0.25) is 30.0 Å². The van der Waals surface area contributed by atoms with Crippen molar-refractivity contribution in [3.05, 3.63) is 98.8 Å². The Morgan fingerprint density at radius 3 is 2.26 bits per heavy atom. The Labute approximate surface area is 198 Å². The van der Waals surface area contributed by atoms with Gasteiger partial charge >= 0.3 is 0 Å². The third-order valence-corrected chi connectivity index (χ3v) is 5.09. The van der Waals surface area contributed by atoms with Crippen LogP contribution in [0.4, 0.5) is 0 Å². The summed E-state index contributed by atoms with van der Waals surface area (Å²) in [6.45, 7) is 2.30. The van der Waals surface area contributed by atoms with Crippen LogP contribution in [0.5, 0.6) is 5.75 Å². The first-order chi connectivity index (χ1) is 17.0. The largest absolute Gasteiger partial charge is 0.492 e. The van der Waals surface area contributed by atoms with E-state index in [2.05, 4.69) is 21.0 Å². The number of carbonyl (C=O) groups excluding carboxylic acids is 2. The van der Waals surface area contributed by atoms with E-state index in [9.17, 15) is 19.2 Å². The van der Waals surface area contributed by atoms with Crippen LogP contribution in [0.15, 0.2) is 76.3 Å². The summed E-state index contributed by atoms with van der Waals surface area (Å²) in [5.74, 6) is -0.793. The van der Waals surface area contributed by atoms with Crippen LogP contribution in [0.1, 0.15) is 27.9 Å². The van der Waals surface area contributed by atoms with Gasteiger partial charge in [-0.25, -0.2) is 9.36 Å². The molecular formula is C24H22N6O5. The number of para-hydroxylation sites is 1. The van der Waals surface area contributed by atoms with Gasteiger partial charge in [-0.05, 0) is 31.2 Å². The molecule has 0 aliphatic carbocycles. The highest BCUT2D eigenvalue weighted by molar-refractivity contribution is 6.05. The minimum absolute atomic E-state index is 0.0154. The van der Waals surface area contributed by atoms with Gasteiger partial charge < -0.3 is 4.74 Å². The van der Waals surface area contributed by atoms with Crippen LogP contribution in [-0.2, 0) is 13.1 Å². The quantitative estimate of drug-likeness (QED) is 0.383. The molecular weight excluding hydrogens is 452 g/mol. The molecule has 0 unspecified atom stereocenters. The number of carbonyl (C=O) groups is 2. The maximum Gasteiger partial charge on any atom is 0.290 e. The Kier molecular flexibility index (Phi) is 6.96. The molecule has 11 heteroatoms. The molecule has 0 fully saturated rings. The minimum Gasteiger partial charge on any atom is -0.492 e. The molecule has 178 valence electrons. The number of hydrogen-bond acceptors (Lipinski definition) is 7. The van der Waals surface area contributed by atoms with E-state index in [1.807, 2.05) is 18.2 Å². The van der Waals surface area contributed by atoms with Crippen LogP contribution < -0.4 is 26.7 Å². The average Bonchev–Trinajstić information content (AvgIpc) is 2.89. The SMILES string of the molecule is CCn1nc(C(=O)NNC(=O)c2ccc(=O)n(CCOc3ccccc3)n2)c2ccccc2c1=O. The molecule has 2 aromatic carbocycles. The number of hydrogen-bond donors (Lipinski definition) is 2. The van der Waals surface area contributed by atoms with Crippen LogP contribution in [-0.4, -0.2) is 38.0 Å². The molecule has 2 aromatic heterocycles. The summed E-state index contributed by atoms with van der Waals surface area (Å²) >= 11 is 0. The number of benzene rings is 2. The molecule has 0 saturated heterocycles. The molecule has 0 aliphatic heterocycles. The van der Waals surface area contributed by atoms with Gasteiger partial charge in [0.05, 0.1) is 11.9 Å². The Balaban J connectivity index is 1.45. The lowest BCUT2D eigenvalue weighted by Crippen LogP contribution is -2.43. The first-order valence-electron chi connectivity index (χ1n) is 10.8. The van der Waals surface area contributed by atoms with E-state index in [1.165, 1.54) is 16.8 Å². The molecule has 0 bridgehead atoms. The van der Waals surface area contributed by atoms with Crippen molar-refractivity contribution in [2.75, 3.05) is 6.61 Å². The predicted octanol–water partition coefficient (Wildman–Crippen LogP) is 1.13. The van der Waals surface area contributed by atoms with Crippen LogP contribution in [0.3, 0.4) is 0 Å². The lowest BCUT2D eigenvalue weighted by Gasteiger charge is -2.11. The van der Waals surface area contributed by atoms with Gasteiger partial charge in [0.15, 0.2) is 11.4 Å². The summed E-state index contributed by atoms with van der Waals surface area (Å²) in [5, 5.41) is 8.86. The van der Waals surface area contributed by atoms with Crippen LogP contribution in [0, 0.1) is 0 Å². The number of fused-ring (bicyclic) bond motifs is 1. The summed E-state index contributed by atoms with van der Waals surface area (Å²) in [6, 6.07) is 18.1. The van der Waals surface area contributed by atoms with Crippen molar-refractivity contribution in [3.8, 4) is 5.75 Å². The van der Waals surface area contributed by atoms with E-state index in [1.54, 1.807) is 43.3 Å². The first kappa shape index (κ1) is 23.4. The molecule has 0 spiro atoms. The molecule has 2 N–H and O–H groups in total. The Bertz CT molecular complexity index is 1500. The number of amides is 2. The molecule has 4 aromatic rings. The highest BCUT2D eigenvalue weighted by Crippen LogP contribution is 2.13. The van der Waals surface area contributed by atoms with Crippen molar-refractivity contribution in [2.45, 2.75) is 20.0 Å². The highest BCUT2D eigenvalue weighted by Gasteiger charge is 2.18. The van der Waals surface area contributed by atoms with Gasteiger partial charge in [0.2, 0.25) is 0 Å². The van der Waals surface area contributed by atoms with Gasteiger partial charge in [-0.1, -0.05) is 36.4 Å². The van der Waals surface area contributed by atoms with Gasteiger partial charge in [-0.15, -0.1) is 0 Å². The monoisotopic (exact) mass is 474 g/mol. The number of hydrazine groups is 1. The zero-order valence-corrected chi connectivity index (χ0v) is 18.8. The summed E-state index contributed by atoms with van der Waals surface area (Å²) < 4.78 is 7.84. The second kappa shape index (κ2) is 10.4. The second-order valence-electron chi connectivity index (χ2n) is 7.36. The van der Waals surface area contributed by atoms with Crippen molar-refractivity contribution in [1.29, 1.82) is 0 Å². The summed E-state index contributed by atoms with van der Waals surface area (Å²) in [4.78, 5) is 49.9. The van der Waals surface area contributed by atoms with E-state index in [0.717, 1.165) is 4.68 Å². The van der Waals surface area contributed by atoms with Crippen molar-refractivity contribution < 1.29 is 14.3 Å². The van der Waals surface area contributed by atoms with E-state index in [-0.39, 0.29) is 36.6 Å². The molecule has 2 heterocycles. The summed E-state index contributed by atoms with van der Waals surface area (Å²) in [7, 11) is 0. The lowest BCUT2D eigenvalue weighted by molar-refractivity contribution is 0.0839. The fraction of sp³-hybridized carbons (Fsp3) is 0.167. The lowest BCUT2D eigenvalue weighted by atomic mass is 10.1. The standard InChI is InChI=1S/C24H22N6O5/c1-2-29-24(34)18-11-7-6-10-17(18)21(28-29)23(33)26-25-22(32)19-12-13-20(31)30(27-19)14-15-35-16-8-4-3-5-9-16/h3-13H,2,14-15H2,1H3,(H,25,32)(H,26,33). The van der Waals surface area contributed by atoms with Crippen molar-refractivity contribution in [3.63, 3.8) is 0 Å². The fourth-order valence-electron chi connectivity index (χ4n) is 3.35. The highest BCUT2D eigenvalue weighted by atomic mass is 16.5. The van der Waals surface area contributed by atoms with E-state index in [0.29, 0.717) is 16.5 Å². The number of aromatic nitrogens is 4. The molecule has 0 radical (unpaired) electrons. The van der Waals surface area contributed by atoms with Crippen LogP contribution in [0.25, 0.3) is 10.8 Å². The predicted molar refractivity (Wildman–Crippen MR) is 127 cm³/mol. The second-order valence-corrected chi connectivity index (χ2v) is 7.36. The molecule has 2 amide bonds. The molecule has 0 saturated carbocycles. The summed E-state index contributed by atoms with van der Waals surface area (Å²) in [6.07, 6.45) is 0. The zero-order valence-electron chi connectivity index (χ0n) is 18.8. The Hall–Kier alpha value is -4.80. The average molecular weight is 474 g/mol. The maximum atomic E-state index is 12.8. The van der Waals surface area contributed by atoms with Crippen molar-refractivity contribution in [1.82, 2.24) is 30.4 Å². The fourth-order valence-corrected chi connectivity index (χ4v) is 3.35. The number of nitrogens with zero attached hydrogens (tertiary/aromatic N) is 4. The maximum absolute atomic E-state index is 12.8. The van der Waals surface area contributed by atoms with E-state index < -0.39 is 17.4 Å². The number of rotatable bonds is 7. The van der Waals surface area contributed by atoms with Crippen LogP contribution >= 0.6 is 0 Å². The van der Waals surface area contributed by atoms with E-state index in [4.69, 9.17) is 4.74 Å². The first-order valence-corrected chi connectivity index (χ1v) is 10.8. The molecule has 0 aliphatic rings. The third-order valence-electron chi connectivity index (χ3n) is 5.09. The van der Waals surface area contributed by atoms with Gasteiger partial charge in [0, 0.05) is 18.0 Å².